The molecule has 0 heterocycles. The molecule has 0 atom stereocenters. The van der Waals surface area contributed by atoms with E-state index >= 15 is 0 Å². The standard InChI is InChI=1S/C17H15ClFNO3/c1-2-11-6-8-12(9-7-11)20-15(21)10-23-17(22)16-13(18)4-3-5-14(16)19/h3-9H,2,10H2,1H3,(H,20,21). The highest BCUT2D eigenvalue weighted by molar-refractivity contribution is 6.33. The summed E-state index contributed by atoms with van der Waals surface area (Å²) in [6.07, 6.45) is 0.898. The molecule has 2 rings (SSSR count). The van der Waals surface area contributed by atoms with Crippen LogP contribution in [-0.4, -0.2) is 18.5 Å². The average Bonchev–Trinajstić information content (AvgIpc) is 2.53. The molecule has 0 saturated carbocycles. The van der Waals surface area contributed by atoms with Gasteiger partial charge in [0.1, 0.15) is 11.4 Å². The van der Waals surface area contributed by atoms with Crippen molar-refractivity contribution >= 4 is 29.2 Å². The van der Waals surface area contributed by atoms with Gasteiger partial charge in [-0.25, -0.2) is 9.18 Å². The average molecular weight is 336 g/mol. The molecule has 0 aliphatic carbocycles. The predicted octanol–water partition coefficient (Wildman–Crippen LogP) is 3.84. The molecule has 0 radical (unpaired) electrons. The molecule has 0 aliphatic heterocycles. The van der Waals surface area contributed by atoms with Gasteiger partial charge in [-0.1, -0.05) is 36.7 Å². The molecule has 0 spiro atoms. The number of amides is 1. The zero-order valence-electron chi connectivity index (χ0n) is 12.4. The third-order valence-electron chi connectivity index (χ3n) is 3.15. The van der Waals surface area contributed by atoms with E-state index in [2.05, 4.69) is 5.32 Å². The Morgan fingerprint density at radius 1 is 1.17 bits per heavy atom. The van der Waals surface area contributed by atoms with Crippen LogP contribution in [0.4, 0.5) is 10.1 Å². The summed E-state index contributed by atoms with van der Waals surface area (Å²) in [6, 6.07) is 11.1. The first-order valence-electron chi connectivity index (χ1n) is 7.01. The van der Waals surface area contributed by atoms with Crippen LogP contribution in [0, 0.1) is 5.82 Å². The van der Waals surface area contributed by atoms with Gasteiger partial charge in [0.05, 0.1) is 5.02 Å². The fourth-order valence-electron chi connectivity index (χ4n) is 1.92. The number of benzene rings is 2. The highest BCUT2D eigenvalue weighted by Crippen LogP contribution is 2.19. The summed E-state index contributed by atoms with van der Waals surface area (Å²) in [6.45, 7) is 1.50. The summed E-state index contributed by atoms with van der Waals surface area (Å²) < 4.78 is 18.4. The van der Waals surface area contributed by atoms with E-state index in [-0.39, 0.29) is 10.6 Å². The molecule has 0 saturated heterocycles. The van der Waals surface area contributed by atoms with Crippen molar-refractivity contribution in [1.82, 2.24) is 0 Å². The second-order valence-corrected chi connectivity index (χ2v) is 5.18. The topological polar surface area (TPSA) is 55.4 Å². The molecule has 23 heavy (non-hydrogen) atoms. The molecule has 2 aromatic rings. The van der Waals surface area contributed by atoms with E-state index in [0.717, 1.165) is 18.1 Å². The van der Waals surface area contributed by atoms with Gasteiger partial charge in [-0.2, -0.15) is 0 Å². The van der Waals surface area contributed by atoms with Gasteiger partial charge in [-0.15, -0.1) is 0 Å². The fourth-order valence-corrected chi connectivity index (χ4v) is 2.16. The summed E-state index contributed by atoms with van der Waals surface area (Å²) in [7, 11) is 0. The summed E-state index contributed by atoms with van der Waals surface area (Å²) in [5.74, 6) is -2.29. The molecule has 2 aromatic carbocycles. The van der Waals surface area contributed by atoms with Crippen LogP contribution in [0.2, 0.25) is 5.02 Å². The van der Waals surface area contributed by atoms with E-state index in [4.69, 9.17) is 16.3 Å². The Labute approximate surface area is 138 Å². The smallest absolute Gasteiger partial charge is 0.343 e. The van der Waals surface area contributed by atoms with Crippen LogP contribution in [0.5, 0.6) is 0 Å². The van der Waals surface area contributed by atoms with Crippen molar-refractivity contribution in [2.75, 3.05) is 11.9 Å². The van der Waals surface area contributed by atoms with Crippen molar-refractivity contribution in [2.45, 2.75) is 13.3 Å². The lowest BCUT2D eigenvalue weighted by Gasteiger charge is -2.08. The number of carbonyl (C=O) groups is 2. The van der Waals surface area contributed by atoms with Gasteiger partial charge in [-0.05, 0) is 36.2 Å². The molecule has 0 aromatic heterocycles. The number of aryl methyl sites for hydroxylation is 1. The van der Waals surface area contributed by atoms with Crippen LogP contribution in [-0.2, 0) is 16.0 Å². The summed E-state index contributed by atoms with van der Waals surface area (Å²) in [4.78, 5) is 23.6. The summed E-state index contributed by atoms with van der Waals surface area (Å²) in [5, 5.41) is 2.52. The minimum absolute atomic E-state index is 0.0643. The quantitative estimate of drug-likeness (QED) is 0.845. The summed E-state index contributed by atoms with van der Waals surface area (Å²) in [5.41, 5.74) is 1.35. The molecule has 6 heteroatoms. The van der Waals surface area contributed by atoms with Gasteiger partial charge >= 0.3 is 5.97 Å². The van der Waals surface area contributed by atoms with Crippen molar-refractivity contribution in [2.24, 2.45) is 0 Å². The largest absolute Gasteiger partial charge is 0.452 e. The first kappa shape index (κ1) is 17.0. The van der Waals surface area contributed by atoms with E-state index < -0.39 is 24.3 Å². The Morgan fingerprint density at radius 3 is 2.48 bits per heavy atom. The lowest BCUT2D eigenvalue weighted by Crippen LogP contribution is -2.21. The van der Waals surface area contributed by atoms with Crippen LogP contribution in [0.1, 0.15) is 22.8 Å². The molecule has 0 unspecified atom stereocenters. The van der Waals surface area contributed by atoms with E-state index in [1.54, 1.807) is 12.1 Å². The minimum Gasteiger partial charge on any atom is -0.452 e. The minimum atomic E-state index is -0.982. The van der Waals surface area contributed by atoms with Crippen molar-refractivity contribution in [3.63, 3.8) is 0 Å². The second kappa shape index (κ2) is 7.74. The number of halogens is 2. The van der Waals surface area contributed by atoms with Gasteiger partial charge < -0.3 is 10.1 Å². The van der Waals surface area contributed by atoms with Crippen molar-refractivity contribution in [3.8, 4) is 0 Å². The van der Waals surface area contributed by atoms with E-state index in [0.29, 0.717) is 5.69 Å². The number of anilines is 1. The zero-order valence-corrected chi connectivity index (χ0v) is 13.2. The maximum atomic E-state index is 13.6. The van der Waals surface area contributed by atoms with E-state index in [1.807, 2.05) is 19.1 Å². The van der Waals surface area contributed by atoms with Crippen LogP contribution < -0.4 is 5.32 Å². The van der Waals surface area contributed by atoms with E-state index in [9.17, 15) is 14.0 Å². The Bertz CT molecular complexity index is 696. The molecule has 4 nitrogen and oxygen atoms in total. The Kier molecular flexibility index (Phi) is 5.71. The van der Waals surface area contributed by atoms with Gasteiger partial charge in [0, 0.05) is 5.69 Å². The molecule has 0 bridgehead atoms. The van der Waals surface area contributed by atoms with Gasteiger partial charge in [0.2, 0.25) is 0 Å². The lowest BCUT2D eigenvalue weighted by atomic mass is 10.1. The van der Waals surface area contributed by atoms with Crippen molar-refractivity contribution in [3.05, 3.63) is 64.4 Å². The van der Waals surface area contributed by atoms with Crippen molar-refractivity contribution < 1.29 is 18.7 Å². The SMILES string of the molecule is CCc1ccc(NC(=O)COC(=O)c2c(F)cccc2Cl)cc1. The molecule has 120 valence electrons. The molecule has 0 aliphatic rings. The van der Waals surface area contributed by atoms with E-state index in [1.165, 1.54) is 12.1 Å². The Morgan fingerprint density at radius 2 is 1.87 bits per heavy atom. The van der Waals surface area contributed by atoms with Gasteiger partial charge in [0.15, 0.2) is 6.61 Å². The normalized spacial score (nSPS) is 10.2. The third-order valence-corrected chi connectivity index (χ3v) is 3.46. The van der Waals surface area contributed by atoms with Gasteiger partial charge in [0.25, 0.3) is 5.91 Å². The highest BCUT2D eigenvalue weighted by atomic mass is 35.5. The second-order valence-electron chi connectivity index (χ2n) is 4.77. The number of esters is 1. The highest BCUT2D eigenvalue weighted by Gasteiger charge is 2.18. The maximum Gasteiger partial charge on any atom is 0.343 e. The van der Waals surface area contributed by atoms with Crippen LogP contribution >= 0.6 is 11.6 Å². The lowest BCUT2D eigenvalue weighted by molar-refractivity contribution is -0.119. The first-order valence-corrected chi connectivity index (χ1v) is 7.39. The number of ether oxygens (including phenoxy) is 1. The molecule has 1 N–H and O–H groups in total. The monoisotopic (exact) mass is 335 g/mol. The number of hydrogen-bond acceptors (Lipinski definition) is 3. The fraction of sp³-hybridized carbons (Fsp3) is 0.176. The maximum absolute atomic E-state index is 13.6. The predicted molar refractivity (Wildman–Crippen MR) is 86.1 cm³/mol. The van der Waals surface area contributed by atoms with Crippen LogP contribution in [0.15, 0.2) is 42.5 Å². The zero-order chi connectivity index (χ0) is 16.8. The third kappa shape index (κ3) is 4.53. The van der Waals surface area contributed by atoms with Crippen molar-refractivity contribution in [1.29, 1.82) is 0 Å². The first-order chi connectivity index (χ1) is 11.0. The molecule has 1 amide bonds. The Balaban J connectivity index is 1.92. The van der Waals surface area contributed by atoms with Crippen LogP contribution in [0.25, 0.3) is 0 Å². The number of carbonyl (C=O) groups excluding carboxylic acids is 2. The van der Waals surface area contributed by atoms with Gasteiger partial charge in [-0.3, -0.25) is 4.79 Å². The molecular weight excluding hydrogens is 321 g/mol. The van der Waals surface area contributed by atoms with Crippen LogP contribution in [0.3, 0.4) is 0 Å². The molecular formula is C17H15ClFNO3. The Hall–Kier alpha value is -2.40. The number of nitrogens with one attached hydrogen (secondary N) is 1. The summed E-state index contributed by atoms with van der Waals surface area (Å²) >= 11 is 5.76. The number of hydrogen-bond donors (Lipinski definition) is 1. The number of rotatable bonds is 5. The molecule has 0 fully saturated rings.